The number of imidazole rings is 1. The SMILES string of the molecule is CCCCCC(C)n1cncc1C1CNC1. The maximum atomic E-state index is 4.31. The summed E-state index contributed by atoms with van der Waals surface area (Å²) >= 11 is 0. The summed E-state index contributed by atoms with van der Waals surface area (Å²) in [6, 6.07) is 0.602. The van der Waals surface area contributed by atoms with Gasteiger partial charge in [0, 0.05) is 36.9 Å². The van der Waals surface area contributed by atoms with E-state index in [4.69, 9.17) is 0 Å². The normalized spacial score (nSPS) is 18.4. The third-order valence-corrected chi connectivity index (χ3v) is 3.60. The van der Waals surface area contributed by atoms with Crippen molar-refractivity contribution in [2.75, 3.05) is 13.1 Å². The maximum absolute atomic E-state index is 4.31. The van der Waals surface area contributed by atoms with Crippen LogP contribution in [0.3, 0.4) is 0 Å². The Kier molecular flexibility index (Phi) is 3.99. The highest BCUT2D eigenvalue weighted by molar-refractivity contribution is 5.12. The second-order valence-corrected chi connectivity index (χ2v) is 4.93. The van der Waals surface area contributed by atoms with Crippen LogP contribution in [-0.4, -0.2) is 22.6 Å². The smallest absolute Gasteiger partial charge is 0.0950 e. The van der Waals surface area contributed by atoms with Gasteiger partial charge < -0.3 is 9.88 Å². The lowest BCUT2D eigenvalue weighted by molar-refractivity contribution is 0.395. The predicted molar refractivity (Wildman–Crippen MR) is 66.7 cm³/mol. The third kappa shape index (κ3) is 2.46. The summed E-state index contributed by atoms with van der Waals surface area (Å²) in [6.07, 6.45) is 9.30. The molecule has 3 heteroatoms. The molecule has 1 aromatic heterocycles. The molecule has 90 valence electrons. The van der Waals surface area contributed by atoms with Gasteiger partial charge in [-0.15, -0.1) is 0 Å². The highest BCUT2D eigenvalue weighted by Crippen LogP contribution is 2.24. The van der Waals surface area contributed by atoms with Gasteiger partial charge in [0.05, 0.1) is 6.33 Å². The molecule has 0 spiro atoms. The summed E-state index contributed by atoms with van der Waals surface area (Å²) in [6.45, 7) is 6.81. The molecule has 0 aromatic carbocycles. The van der Waals surface area contributed by atoms with Gasteiger partial charge in [-0.25, -0.2) is 4.98 Å². The Balaban J connectivity index is 1.93. The number of hydrogen-bond donors (Lipinski definition) is 1. The molecule has 2 heterocycles. The van der Waals surface area contributed by atoms with E-state index in [1.165, 1.54) is 31.4 Å². The van der Waals surface area contributed by atoms with Crippen LogP contribution >= 0.6 is 0 Å². The average Bonchev–Trinajstić information content (AvgIpc) is 2.64. The molecule has 0 amide bonds. The monoisotopic (exact) mass is 221 g/mol. The zero-order chi connectivity index (χ0) is 11.4. The molecule has 0 bridgehead atoms. The number of hydrogen-bond acceptors (Lipinski definition) is 2. The van der Waals surface area contributed by atoms with E-state index in [0.717, 1.165) is 13.1 Å². The van der Waals surface area contributed by atoms with E-state index in [-0.39, 0.29) is 0 Å². The second kappa shape index (κ2) is 5.48. The van der Waals surface area contributed by atoms with Crippen molar-refractivity contribution in [1.82, 2.24) is 14.9 Å². The minimum atomic E-state index is 0.602. The van der Waals surface area contributed by atoms with Crippen LogP contribution in [0, 0.1) is 0 Å². The summed E-state index contributed by atoms with van der Waals surface area (Å²) in [5.74, 6) is 0.691. The molecule has 1 aromatic rings. The van der Waals surface area contributed by atoms with Crippen molar-refractivity contribution in [3.05, 3.63) is 18.2 Å². The van der Waals surface area contributed by atoms with Crippen molar-refractivity contribution in [3.8, 4) is 0 Å². The molecule has 1 aliphatic heterocycles. The lowest BCUT2D eigenvalue weighted by Crippen LogP contribution is -2.41. The molecule has 0 radical (unpaired) electrons. The van der Waals surface area contributed by atoms with Crippen molar-refractivity contribution < 1.29 is 0 Å². The molecule has 1 aliphatic rings. The van der Waals surface area contributed by atoms with Crippen molar-refractivity contribution in [2.24, 2.45) is 0 Å². The molecular weight excluding hydrogens is 198 g/mol. The summed E-state index contributed by atoms with van der Waals surface area (Å²) in [4.78, 5) is 4.31. The van der Waals surface area contributed by atoms with E-state index < -0.39 is 0 Å². The Labute approximate surface area is 98.3 Å². The van der Waals surface area contributed by atoms with Crippen LogP contribution in [0.25, 0.3) is 0 Å². The van der Waals surface area contributed by atoms with Gasteiger partial charge in [0.15, 0.2) is 0 Å². The summed E-state index contributed by atoms with van der Waals surface area (Å²) < 4.78 is 2.38. The molecule has 1 N–H and O–H groups in total. The van der Waals surface area contributed by atoms with Gasteiger partial charge in [-0.2, -0.15) is 0 Å². The van der Waals surface area contributed by atoms with Crippen LogP contribution in [-0.2, 0) is 0 Å². The fourth-order valence-electron chi connectivity index (χ4n) is 2.33. The topological polar surface area (TPSA) is 29.9 Å². The largest absolute Gasteiger partial charge is 0.331 e. The number of nitrogens with one attached hydrogen (secondary N) is 1. The summed E-state index contributed by atoms with van der Waals surface area (Å²) in [5.41, 5.74) is 1.42. The van der Waals surface area contributed by atoms with E-state index in [0.29, 0.717) is 12.0 Å². The van der Waals surface area contributed by atoms with E-state index >= 15 is 0 Å². The zero-order valence-corrected chi connectivity index (χ0v) is 10.4. The second-order valence-electron chi connectivity index (χ2n) is 4.93. The van der Waals surface area contributed by atoms with Crippen LogP contribution in [0.1, 0.15) is 57.2 Å². The first kappa shape index (κ1) is 11.6. The van der Waals surface area contributed by atoms with Gasteiger partial charge in [-0.05, 0) is 13.3 Å². The van der Waals surface area contributed by atoms with Crippen molar-refractivity contribution in [3.63, 3.8) is 0 Å². The molecule has 2 rings (SSSR count). The van der Waals surface area contributed by atoms with Crippen molar-refractivity contribution in [1.29, 1.82) is 0 Å². The fourth-order valence-corrected chi connectivity index (χ4v) is 2.33. The average molecular weight is 221 g/mol. The van der Waals surface area contributed by atoms with Crippen molar-refractivity contribution >= 4 is 0 Å². The zero-order valence-electron chi connectivity index (χ0n) is 10.4. The molecule has 0 saturated carbocycles. The van der Waals surface area contributed by atoms with Gasteiger partial charge in [0.1, 0.15) is 0 Å². The van der Waals surface area contributed by atoms with Crippen LogP contribution in [0.5, 0.6) is 0 Å². The Bertz CT molecular complexity index is 315. The first-order valence-electron chi connectivity index (χ1n) is 6.55. The van der Waals surface area contributed by atoms with Crippen LogP contribution in [0.15, 0.2) is 12.5 Å². The maximum Gasteiger partial charge on any atom is 0.0950 e. The van der Waals surface area contributed by atoms with E-state index in [9.17, 15) is 0 Å². The van der Waals surface area contributed by atoms with Crippen LogP contribution < -0.4 is 5.32 Å². The van der Waals surface area contributed by atoms with E-state index in [2.05, 4.69) is 28.7 Å². The molecule has 0 aliphatic carbocycles. The predicted octanol–water partition coefficient (Wildman–Crippen LogP) is 2.71. The number of unbranched alkanes of at least 4 members (excludes halogenated alkanes) is 2. The lowest BCUT2D eigenvalue weighted by Gasteiger charge is -2.29. The highest BCUT2D eigenvalue weighted by Gasteiger charge is 2.23. The van der Waals surface area contributed by atoms with Crippen LogP contribution in [0.4, 0.5) is 0 Å². The number of rotatable bonds is 6. The Morgan fingerprint density at radius 1 is 1.50 bits per heavy atom. The van der Waals surface area contributed by atoms with Crippen molar-refractivity contribution in [2.45, 2.75) is 51.5 Å². The first-order chi connectivity index (χ1) is 7.83. The molecule has 1 fully saturated rings. The van der Waals surface area contributed by atoms with E-state index in [1.54, 1.807) is 0 Å². The van der Waals surface area contributed by atoms with Gasteiger partial charge in [0.25, 0.3) is 0 Å². The van der Waals surface area contributed by atoms with E-state index in [1.807, 2.05) is 12.5 Å². The summed E-state index contributed by atoms with van der Waals surface area (Å²) in [7, 11) is 0. The Morgan fingerprint density at radius 2 is 2.31 bits per heavy atom. The van der Waals surface area contributed by atoms with Gasteiger partial charge in [-0.1, -0.05) is 26.2 Å². The molecule has 1 unspecified atom stereocenters. The number of nitrogens with zero attached hydrogens (tertiary/aromatic N) is 2. The Morgan fingerprint density at radius 3 is 2.94 bits per heavy atom. The minimum absolute atomic E-state index is 0.602. The molecule has 3 nitrogen and oxygen atoms in total. The quantitative estimate of drug-likeness (QED) is 0.749. The minimum Gasteiger partial charge on any atom is -0.331 e. The molecule has 1 saturated heterocycles. The van der Waals surface area contributed by atoms with Gasteiger partial charge >= 0.3 is 0 Å². The fraction of sp³-hybridized carbons (Fsp3) is 0.769. The van der Waals surface area contributed by atoms with Crippen LogP contribution in [0.2, 0.25) is 0 Å². The summed E-state index contributed by atoms with van der Waals surface area (Å²) in [5, 5.41) is 3.33. The molecule has 1 atom stereocenters. The third-order valence-electron chi connectivity index (χ3n) is 3.60. The molecular formula is C13H23N3. The highest BCUT2D eigenvalue weighted by atomic mass is 15.1. The Hall–Kier alpha value is -0.830. The molecule has 16 heavy (non-hydrogen) atoms. The standard InChI is InChI=1S/C13H23N3/c1-3-4-5-6-11(2)16-10-15-9-13(16)12-7-14-8-12/h9-12,14H,3-8H2,1-2H3. The first-order valence-corrected chi connectivity index (χ1v) is 6.55. The lowest BCUT2D eigenvalue weighted by atomic mass is 9.99. The van der Waals surface area contributed by atoms with Gasteiger partial charge in [-0.3, -0.25) is 0 Å². The van der Waals surface area contributed by atoms with Gasteiger partial charge in [0.2, 0.25) is 0 Å². The number of aromatic nitrogens is 2.